The van der Waals surface area contributed by atoms with E-state index in [9.17, 15) is 14.7 Å². The molecule has 7 heteroatoms. The van der Waals surface area contributed by atoms with E-state index in [0.717, 1.165) is 11.3 Å². The van der Waals surface area contributed by atoms with Crippen LogP contribution in [0.2, 0.25) is 0 Å². The van der Waals surface area contributed by atoms with Crippen LogP contribution in [0.25, 0.3) is 0 Å². The summed E-state index contributed by atoms with van der Waals surface area (Å²) in [5, 5.41) is 14.5. The predicted octanol–water partition coefficient (Wildman–Crippen LogP) is 2.96. The number of hydrogen-bond acceptors (Lipinski definition) is 7. The molecule has 0 saturated carbocycles. The van der Waals surface area contributed by atoms with Crippen molar-refractivity contribution in [2.45, 2.75) is 31.8 Å². The molecule has 0 fully saturated rings. The molecule has 0 bridgehead atoms. The van der Waals surface area contributed by atoms with Gasteiger partial charge in [-0.25, -0.2) is 4.79 Å². The maximum atomic E-state index is 12.9. The van der Waals surface area contributed by atoms with Crippen LogP contribution in [0.3, 0.4) is 0 Å². The number of rotatable bonds is 5. The standard InChI is InChI=1S/C23H26N2O5/c1-14-7-9-16(10-8-14)25-17-12-23(2,28)20(22(27)30-4)18(19(17)21(26)29-3)15-6-5-11-24-13-15/h5-11,13,18,20,25,28H,12H2,1-4H3/t18-,20+,23-/m1/s1. The van der Waals surface area contributed by atoms with Crippen molar-refractivity contribution < 1.29 is 24.2 Å². The Bertz CT molecular complexity index is 951. The number of nitrogens with one attached hydrogen (secondary N) is 1. The second-order valence-corrected chi connectivity index (χ2v) is 7.67. The molecule has 3 rings (SSSR count). The normalized spacial score (nSPS) is 23.6. The highest BCUT2D eigenvalue weighted by Gasteiger charge is 2.52. The summed E-state index contributed by atoms with van der Waals surface area (Å²) in [7, 11) is 2.55. The topological polar surface area (TPSA) is 97.8 Å². The smallest absolute Gasteiger partial charge is 0.336 e. The molecule has 1 aromatic heterocycles. The van der Waals surface area contributed by atoms with Crippen molar-refractivity contribution in [2.24, 2.45) is 5.92 Å². The quantitative estimate of drug-likeness (QED) is 0.732. The van der Waals surface area contributed by atoms with Gasteiger partial charge in [0.05, 0.1) is 31.3 Å². The van der Waals surface area contributed by atoms with E-state index in [1.165, 1.54) is 14.2 Å². The number of carbonyl (C=O) groups is 2. The molecule has 0 saturated heterocycles. The Labute approximate surface area is 175 Å². The molecular formula is C23H26N2O5. The lowest BCUT2D eigenvalue weighted by Crippen LogP contribution is -2.49. The van der Waals surface area contributed by atoms with Gasteiger partial charge in [-0.2, -0.15) is 0 Å². The number of nitrogens with zero attached hydrogens (tertiary/aromatic N) is 1. The van der Waals surface area contributed by atoms with Gasteiger partial charge in [-0.15, -0.1) is 0 Å². The molecule has 30 heavy (non-hydrogen) atoms. The van der Waals surface area contributed by atoms with Gasteiger partial charge in [-0.3, -0.25) is 9.78 Å². The molecule has 0 aliphatic heterocycles. The fourth-order valence-electron chi connectivity index (χ4n) is 4.00. The summed E-state index contributed by atoms with van der Waals surface area (Å²) in [6.07, 6.45) is 3.22. The third kappa shape index (κ3) is 4.21. The molecular weight excluding hydrogens is 384 g/mol. The van der Waals surface area contributed by atoms with Crippen LogP contribution >= 0.6 is 0 Å². The molecule has 1 aliphatic rings. The van der Waals surface area contributed by atoms with Crippen LogP contribution in [0.5, 0.6) is 0 Å². The Kier molecular flexibility index (Phi) is 6.22. The van der Waals surface area contributed by atoms with E-state index in [1.807, 2.05) is 31.2 Å². The summed E-state index contributed by atoms with van der Waals surface area (Å²) in [4.78, 5) is 29.8. The Morgan fingerprint density at radius 3 is 2.43 bits per heavy atom. The number of methoxy groups -OCH3 is 2. The summed E-state index contributed by atoms with van der Waals surface area (Å²) in [5.41, 5.74) is 1.75. The van der Waals surface area contributed by atoms with Gasteiger partial charge in [0.25, 0.3) is 0 Å². The van der Waals surface area contributed by atoms with Gasteiger partial charge in [0.15, 0.2) is 0 Å². The average Bonchev–Trinajstić information content (AvgIpc) is 2.74. The largest absolute Gasteiger partial charge is 0.469 e. The molecule has 1 aliphatic carbocycles. The Balaban J connectivity index is 2.22. The first kappa shape index (κ1) is 21.5. The predicted molar refractivity (Wildman–Crippen MR) is 112 cm³/mol. The Morgan fingerprint density at radius 1 is 1.17 bits per heavy atom. The maximum absolute atomic E-state index is 12.9. The number of pyridine rings is 1. The lowest BCUT2D eigenvalue weighted by Gasteiger charge is -2.42. The van der Waals surface area contributed by atoms with Crippen LogP contribution in [0, 0.1) is 12.8 Å². The molecule has 7 nitrogen and oxygen atoms in total. The summed E-state index contributed by atoms with van der Waals surface area (Å²) in [5.74, 6) is -2.99. The van der Waals surface area contributed by atoms with Gasteiger partial charge < -0.3 is 19.9 Å². The molecule has 158 valence electrons. The van der Waals surface area contributed by atoms with Crippen LogP contribution in [0.4, 0.5) is 5.69 Å². The molecule has 0 radical (unpaired) electrons. The van der Waals surface area contributed by atoms with Crippen LogP contribution in [0.1, 0.15) is 30.4 Å². The van der Waals surface area contributed by atoms with Crippen molar-refractivity contribution >= 4 is 17.6 Å². The van der Waals surface area contributed by atoms with Gasteiger partial charge >= 0.3 is 11.9 Å². The van der Waals surface area contributed by atoms with Crippen LogP contribution in [-0.2, 0) is 19.1 Å². The van der Waals surface area contributed by atoms with E-state index >= 15 is 0 Å². The lowest BCUT2D eigenvalue weighted by atomic mass is 9.66. The van der Waals surface area contributed by atoms with E-state index in [-0.39, 0.29) is 12.0 Å². The molecule has 0 unspecified atom stereocenters. The first-order valence-electron chi connectivity index (χ1n) is 9.63. The van der Waals surface area contributed by atoms with E-state index in [1.54, 1.807) is 31.5 Å². The number of hydrogen-bond donors (Lipinski definition) is 2. The van der Waals surface area contributed by atoms with Gasteiger partial charge in [-0.1, -0.05) is 23.8 Å². The molecule has 0 spiro atoms. The number of esters is 2. The highest BCUT2D eigenvalue weighted by molar-refractivity contribution is 5.94. The van der Waals surface area contributed by atoms with Crippen LogP contribution in [0.15, 0.2) is 60.1 Å². The number of aliphatic hydroxyl groups is 1. The molecule has 2 aromatic rings. The summed E-state index contributed by atoms with van der Waals surface area (Å²) in [6.45, 7) is 3.55. The van der Waals surface area contributed by atoms with Crippen LogP contribution < -0.4 is 5.32 Å². The maximum Gasteiger partial charge on any atom is 0.336 e. The van der Waals surface area contributed by atoms with Crippen molar-refractivity contribution in [3.8, 4) is 0 Å². The second-order valence-electron chi connectivity index (χ2n) is 7.67. The number of carbonyl (C=O) groups excluding carboxylic acids is 2. The first-order chi connectivity index (χ1) is 14.3. The van der Waals surface area contributed by atoms with Crippen molar-refractivity contribution in [3.63, 3.8) is 0 Å². The minimum atomic E-state index is -1.47. The van der Waals surface area contributed by atoms with Crippen molar-refractivity contribution in [1.82, 2.24) is 4.98 Å². The number of anilines is 1. The average molecular weight is 410 g/mol. The lowest BCUT2D eigenvalue weighted by molar-refractivity contribution is -0.157. The van der Waals surface area contributed by atoms with Crippen molar-refractivity contribution in [1.29, 1.82) is 0 Å². The minimum absolute atomic E-state index is 0.0435. The van der Waals surface area contributed by atoms with E-state index in [0.29, 0.717) is 11.3 Å². The van der Waals surface area contributed by atoms with E-state index < -0.39 is 29.4 Å². The zero-order chi connectivity index (χ0) is 21.9. The number of benzene rings is 1. The number of aryl methyl sites for hydroxylation is 1. The summed E-state index contributed by atoms with van der Waals surface area (Å²) < 4.78 is 10.1. The zero-order valence-electron chi connectivity index (χ0n) is 17.5. The van der Waals surface area contributed by atoms with Gasteiger partial charge in [0, 0.05) is 36.1 Å². The molecule has 1 aromatic carbocycles. The zero-order valence-corrected chi connectivity index (χ0v) is 17.5. The third-order valence-corrected chi connectivity index (χ3v) is 5.42. The monoisotopic (exact) mass is 410 g/mol. The first-order valence-corrected chi connectivity index (χ1v) is 9.63. The fourth-order valence-corrected chi connectivity index (χ4v) is 4.00. The van der Waals surface area contributed by atoms with Crippen LogP contribution in [-0.4, -0.2) is 41.8 Å². The van der Waals surface area contributed by atoms with E-state index in [4.69, 9.17) is 9.47 Å². The highest BCUT2D eigenvalue weighted by Crippen LogP contribution is 2.47. The summed E-state index contributed by atoms with van der Waals surface area (Å²) in [6, 6.07) is 11.1. The number of ether oxygens (including phenoxy) is 2. The Morgan fingerprint density at radius 2 is 1.87 bits per heavy atom. The van der Waals surface area contributed by atoms with Gasteiger partial charge in [0.2, 0.25) is 0 Å². The van der Waals surface area contributed by atoms with E-state index in [2.05, 4.69) is 10.3 Å². The number of aromatic nitrogens is 1. The van der Waals surface area contributed by atoms with Crippen molar-refractivity contribution in [2.75, 3.05) is 19.5 Å². The molecule has 1 heterocycles. The van der Waals surface area contributed by atoms with Gasteiger partial charge in [-0.05, 0) is 37.6 Å². The summed E-state index contributed by atoms with van der Waals surface area (Å²) >= 11 is 0. The minimum Gasteiger partial charge on any atom is -0.469 e. The second kappa shape index (κ2) is 8.67. The fraction of sp³-hybridized carbons (Fsp3) is 0.348. The molecule has 3 atom stereocenters. The SMILES string of the molecule is COC(=O)C1=C(Nc2ccc(C)cc2)C[C@@](C)(O)[C@H](C(=O)OC)[C@@H]1c1cccnc1. The van der Waals surface area contributed by atoms with Gasteiger partial charge in [0.1, 0.15) is 0 Å². The molecule has 0 amide bonds. The highest BCUT2D eigenvalue weighted by atomic mass is 16.5. The Hall–Kier alpha value is -3.19. The van der Waals surface area contributed by atoms with Crippen molar-refractivity contribution in [3.05, 3.63) is 71.2 Å². The molecule has 2 N–H and O–H groups in total. The third-order valence-electron chi connectivity index (χ3n) is 5.42.